The normalized spacial score (nSPS) is 10.6. The predicted octanol–water partition coefficient (Wildman–Crippen LogP) is 1.64. The molecule has 0 aromatic carbocycles. The first-order valence-electron chi connectivity index (χ1n) is 4.73. The second-order valence-corrected chi connectivity index (χ2v) is 3.67. The summed E-state index contributed by atoms with van der Waals surface area (Å²) in [6, 6.07) is 2.01. The monoisotopic (exact) mass is 244 g/mol. The number of imidazole rings is 1. The number of nitrogens with zero attached hydrogens (tertiary/aromatic N) is 5. The van der Waals surface area contributed by atoms with Gasteiger partial charge in [-0.3, -0.25) is 9.50 Å². The predicted molar refractivity (Wildman–Crippen MR) is 60.3 cm³/mol. The summed E-state index contributed by atoms with van der Waals surface area (Å²) in [5.41, 5.74) is 2.30. The first-order chi connectivity index (χ1) is 8.31. The summed E-state index contributed by atoms with van der Waals surface area (Å²) < 4.78 is 1.76. The molecule has 0 unspecified atom stereocenters. The molecule has 0 fully saturated rings. The molecule has 3 heterocycles. The first kappa shape index (κ1) is 9.81. The Labute approximate surface area is 101 Å². The molecule has 6 nitrogen and oxygen atoms in total. The van der Waals surface area contributed by atoms with Crippen LogP contribution in [0.2, 0.25) is 5.15 Å². The van der Waals surface area contributed by atoms with E-state index in [1.54, 1.807) is 29.2 Å². The van der Waals surface area contributed by atoms with E-state index in [9.17, 15) is 0 Å². The third kappa shape index (κ3) is 1.37. The number of hydrogen-bond acceptors (Lipinski definition) is 4. The van der Waals surface area contributed by atoms with Crippen LogP contribution < -0.4 is 0 Å². The zero-order chi connectivity index (χ0) is 11.8. The van der Waals surface area contributed by atoms with Crippen molar-refractivity contribution in [2.75, 3.05) is 0 Å². The summed E-state index contributed by atoms with van der Waals surface area (Å²) in [5, 5.41) is 15.8. The van der Waals surface area contributed by atoms with Gasteiger partial charge in [0, 0.05) is 18.6 Å². The number of aromatic nitrogens is 5. The van der Waals surface area contributed by atoms with Gasteiger partial charge in [-0.25, -0.2) is 9.97 Å². The van der Waals surface area contributed by atoms with Crippen LogP contribution in [0.4, 0.5) is 0 Å². The Morgan fingerprint density at radius 2 is 2.29 bits per heavy atom. The Balaban J connectivity index is 2.33. The van der Waals surface area contributed by atoms with Gasteiger partial charge in [-0.2, -0.15) is 10.4 Å². The number of halogens is 1. The molecule has 0 atom stereocenters. The Hall–Kier alpha value is -2.39. The highest BCUT2D eigenvalue weighted by molar-refractivity contribution is 6.32. The summed E-state index contributed by atoms with van der Waals surface area (Å²) >= 11 is 5.92. The maximum Gasteiger partial charge on any atom is 0.175 e. The molecule has 0 saturated heterocycles. The molecule has 17 heavy (non-hydrogen) atoms. The van der Waals surface area contributed by atoms with Gasteiger partial charge < -0.3 is 0 Å². The standard InChI is InChI=1S/C10H5ClN6/c11-9-10-14-5-8(17(10)2-1-13-9)6-4-15-16-7(6)3-12/h1-2,4-5H,(H,15,16). The van der Waals surface area contributed by atoms with Crippen LogP contribution in [0.25, 0.3) is 16.9 Å². The fourth-order valence-electron chi connectivity index (χ4n) is 1.66. The molecule has 3 aromatic rings. The fourth-order valence-corrected chi connectivity index (χ4v) is 1.85. The number of nitrogens with one attached hydrogen (secondary N) is 1. The van der Waals surface area contributed by atoms with Gasteiger partial charge in [0.25, 0.3) is 0 Å². The summed E-state index contributed by atoms with van der Waals surface area (Å²) in [7, 11) is 0. The Bertz CT molecular complexity index is 735. The van der Waals surface area contributed by atoms with Gasteiger partial charge in [-0.15, -0.1) is 0 Å². The smallest absolute Gasteiger partial charge is 0.175 e. The van der Waals surface area contributed by atoms with Gasteiger partial charge in [0.05, 0.1) is 17.5 Å². The number of aromatic amines is 1. The zero-order valence-corrected chi connectivity index (χ0v) is 9.18. The van der Waals surface area contributed by atoms with Crippen molar-refractivity contribution in [3.63, 3.8) is 0 Å². The van der Waals surface area contributed by atoms with Crippen molar-refractivity contribution in [3.8, 4) is 17.3 Å². The van der Waals surface area contributed by atoms with E-state index in [1.807, 2.05) is 6.07 Å². The molecule has 0 aliphatic rings. The lowest BCUT2D eigenvalue weighted by Gasteiger charge is -1.99. The Kier molecular flexibility index (Phi) is 2.06. The minimum absolute atomic E-state index is 0.319. The van der Waals surface area contributed by atoms with Crippen LogP contribution in [0.5, 0.6) is 0 Å². The maximum absolute atomic E-state index is 8.93. The molecule has 0 amide bonds. The zero-order valence-electron chi connectivity index (χ0n) is 8.42. The summed E-state index contributed by atoms with van der Waals surface area (Å²) in [6.07, 6.45) is 6.59. The van der Waals surface area contributed by atoms with Crippen molar-refractivity contribution in [1.29, 1.82) is 5.26 Å². The topological polar surface area (TPSA) is 82.7 Å². The van der Waals surface area contributed by atoms with Gasteiger partial charge in [-0.05, 0) is 0 Å². The lowest BCUT2D eigenvalue weighted by Crippen LogP contribution is -1.90. The summed E-state index contributed by atoms with van der Waals surface area (Å²) in [5.74, 6) is 0. The quantitative estimate of drug-likeness (QED) is 0.705. The van der Waals surface area contributed by atoms with Crippen LogP contribution >= 0.6 is 11.6 Å². The number of nitriles is 1. The minimum atomic E-state index is 0.319. The van der Waals surface area contributed by atoms with Crippen LogP contribution in [0.15, 0.2) is 24.8 Å². The van der Waals surface area contributed by atoms with E-state index in [4.69, 9.17) is 16.9 Å². The van der Waals surface area contributed by atoms with Gasteiger partial charge >= 0.3 is 0 Å². The maximum atomic E-state index is 8.93. The van der Waals surface area contributed by atoms with E-state index < -0.39 is 0 Å². The van der Waals surface area contributed by atoms with Gasteiger partial charge in [0.2, 0.25) is 0 Å². The second kappa shape index (κ2) is 3.57. The first-order valence-corrected chi connectivity index (χ1v) is 5.11. The van der Waals surface area contributed by atoms with Gasteiger partial charge in [0.1, 0.15) is 6.07 Å². The highest BCUT2D eigenvalue weighted by atomic mass is 35.5. The van der Waals surface area contributed by atoms with Gasteiger partial charge in [-0.1, -0.05) is 11.6 Å². The average molecular weight is 245 g/mol. The summed E-state index contributed by atoms with van der Waals surface area (Å²) in [6.45, 7) is 0. The largest absolute Gasteiger partial charge is 0.295 e. The average Bonchev–Trinajstić information content (AvgIpc) is 2.94. The van der Waals surface area contributed by atoms with Crippen LogP contribution in [0, 0.1) is 11.3 Å². The Morgan fingerprint density at radius 3 is 3.12 bits per heavy atom. The fraction of sp³-hybridized carbons (Fsp3) is 0. The van der Waals surface area contributed by atoms with Crippen LogP contribution in [-0.2, 0) is 0 Å². The van der Waals surface area contributed by atoms with E-state index in [-0.39, 0.29) is 0 Å². The van der Waals surface area contributed by atoms with E-state index in [1.165, 1.54) is 0 Å². The van der Waals surface area contributed by atoms with Crippen molar-refractivity contribution < 1.29 is 0 Å². The molecule has 0 saturated carbocycles. The van der Waals surface area contributed by atoms with Crippen LogP contribution in [0.1, 0.15) is 5.69 Å². The number of rotatable bonds is 1. The SMILES string of the molecule is N#Cc1n[nH]cc1-c1cnc2c(Cl)nccn12. The van der Waals surface area contributed by atoms with E-state index in [0.29, 0.717) is 22.1 Å². The molecule has 3 aromatic heterocycles. The highest BCUT2D eigenvalue weighted by Gasteiger charge is 2.13. The third-order valence-corrected chi connectivity index (χ3v) is 2.67. The molecule has 0 aliphatic carbocycles. The molecular formula is C10H5ClN6. The van der Waals surface area contributed by atoms with Crippen molar-refractivity contribution in [3.05, 3.63) is 35.6 Å². The van der Waals surface area contributed by atoms with E-state index >= 15 is 0 Å². The molecular weight excluding hydrogens is 240 g/mol. The van der Waals surface area contributed by atoms with E-state index in [2.05, 4.69) is 20.2 Å². The number of H-pyrrole nitrogens is 1. The van der Waals surface area contributed by atoms with Crippen molar-refractivity contribution in [1.82, 2.24) is 24.6 Å². The lowest BCUT2D eigenvalue weighted by atomic mass is 10.2. The second-order valence-electron chi connectivity index (χ2n) is 3.31. The van der Waals surface area contributed by atoms with Crippen molar-refractivity contribution in [2.24, 2.45) is 0 Å². The Morgan fingerprint density at radius 1 is 1.41 bits per heavy atom. The molecule has 3 rings (SSSR count). The third-order valence-electron chi connectivity index (χ3n) is 2.41. The number of hydrogen-bond donors (Lipinski definition) is 1. The lowest BCUT2D eigenvalue weighted by molar-refractivity contribution is 1.07. The minimum Gasteiger partial charge on any atom is -0.295 e. The molecule has 7 heteroatoms. The molecule has 0 bridgehead atoms. The molecule has 1 N–H and O–H groups in total. The van der Waals surface area contributed by atoms with Crippen LogP contribution in [0.3, 0.4) is 0 Å². The molecule has 82 valence electrons. The summed E-state index contributed by atoms with van der Waals surface area (Å²) in [4.78, 5) is 8.11. The number of fused-ring (bicyclic) bond motifs is 1. The van der Waals surface area contributed by atoms with Crippen molar-refractivity contribution >= 4 is 17.2 Å². The van der Waals surface area contributed by atoms with Gasteiger partial charge in [0.15, 0.2) is 16.5 Å². The highest BCUT2D eigenvalue weighted by Crippen LogP contribution is 2.24. The molecule has 0 aliphatic heterocycles. The molecule has 0 radical (unpaired) electrons. The van der Waals surface area contributed by atoms with Crippen LogP contribution in [-0.4, -0.2) is 24.6 Å². The van der Waals surface area contributed by atoms with Crippen molar-refractivity contribution in [2.45, 2.75) is 0 Å². The van der Waals surface area contributed by atoms with E-state index in [0.717, 1.165) is 5.69 Å². The molecule has 0 spiro atoms.